The van der Waals surface area contributed by atoms with Crippen molar-refractivity contribution >= 4 is 31.6 Å². The summed E-state index contributed by atoms with van der Waals surface area (Å²) in [6.45, 7) is 2.67. The van der Waals surface area contributed by atoms with Gasteiger partial charge in [-0.2, -0.15) is 0 Å². The van der Waals surface area contributed by atoms with Crippen LogP contribution in [0.1, 0.15) is 12.5 Å². The molecule has 1 aromatic heterocycles. The van der Waals surface area contributed by atoms with E-state index in [4.69, 9.17) is 4.74 Å². The highest BCUT2D eigenvalue weighted by atomic mass is 32.2. The van der Waals surface area contributed by atoms with Crippen molar-refractivity contribution in [3.8, 4) is 5.75 Å². The second kappa shape index (κ2) is 6.99. The molecule has 1 N–H and O–H groups in total. The van der Waals surface area contributed by atoms with Gasteiger partial charge in [-0.25, -0.2) is 13.1 Å². The number of thiazole rings is 1. The molecule has 8 heteroatoms. The summed E-state index contributed by atoms with van der Waals surface area (Å²) in [5.41, 5.74) is 1.55. The average Bonchev–Trinajstić information content (AvgIpc) is 2.88. The van der Waals surface area contributed by atoms with Crippen molar-refractivity contribution in [1.82, 2.24) is 9.29 Å². The lowest BCUT2D eigenvalue weighted by Gasteiger charge is -2.08. The molecule has 6 nitrogen and oxygen atoms in total. The summed E-state index contributed by atoms with van der Waals surface area (Å²) in [7, 11) is -1.99. The topological polar surface area (TPSA) is 77.4 Å². The van der Waals surface area contributed by atoms with Crippen molar-refractivity contribution in [2.24, 2.45) is 7.05 Å². The Labute approximate surface area is 149 Å². The zero-order valence-electron chi connectivity index (χ0n) is 13.9. The van der Waals surface area contributed by atoms with Crippen LogP contribution in [0.3, 0.4) is 0 Å². The number of rotatable bonds is 6. The third kappa shape index (κ3) is 3.76. The molecule has 0 atom stereocenters. The molecular weight excluding hydrogens is 360 g/mol. The van der Waals surface area contributed by atoms with Gasteiger partial charge >= 0.3 is 4.87 Å². The summed E-state index contributed by atoms with van der Waals surface area (Å²) < 4.78 is 35.1. The minimum Gasteiger partial charge on any atom is -0.494 e. The quantitative estimate of drug-likeness (QED) is 0.715. The predicted molar refractivity (Wildman–Crippen MR) is 98.7 cm³/mol. The second-order valence-electron chi connectivity index (χ2n) is 5.46. The maximum Gasteiger partial charge on any atom is 0.307 e. The van der Waals surface area contributed by atoms with Crippen molar-refractivity contribution in [2.45, 2.75) is 18.4 Å². The van der Waals surface area contributed by atoms with E-state index in [1.54, 1.807) is 25.2 Å². The van der Waals surface area contributed by atoms with Crippen LogP contribution in [0.2, 0.25) is 0 Å². The Hall–Kier alpha value is -2.16. The fourth-order valence-electron chi connectivity index (χ4n) is 2.41. The molecule has 25 heavy (non-hydrogen) atoms. The number of ether oxygens (including phenoxy) is 1. The van der Waals surface area contributed by atoms with Gasteiger partial charge in [0.05, 0.1) is 21.7 Å². The number of aryl methyl sites for hydroxylation is 1. The Balaban J connectivity index is 1.78. The molecular formula is C17H18N2O4S2. The van der Waals surface area contributed by atoms with E-state index >= 15 is 0 Å². The Morgan fingerprint density at radius 2 is 1.88 bits per heavy atom. The summed E-state index contributed by atoms with van der Waals surface area (Å²) in [6, 6.07) is 11.9. The van der Waals surface area contributed by atoms with E-state index in [1.807, 2.05) is 19.1 Å². The molecule has 0 saturated heterocycles. The molecule has 3 rings (SSSR count). The predicted octanol–water partition coefficient (Wildman–Crippen LogP) is 2.48. The maximum absolute atomic E-state index is 12.5. The normalized spacial score (nSPS) is 11.8. The molecule has 0 saturated carbocycles. The maximum atomic E-state index is 12.5. The van der Waals surface area contributed by atoms with Crippen LogP contribution in [0.15, 0.2) is 52.2 Å². The Bertz CT molecular complexity index is 1050. The molecule has 0 aliphatic heterocycles. The number of hydrogen-bond acceptors (Lipinski definition) is 5. The molecule has 0 fully saturated rings. The molecule has 0 aliphatic rings. The van der Waals surface area contributed by atoms with Gasteiger partial charge in [-0.15, -0.1) is 0 Å². The summed E-state index contributed by atoms with van der Waals surface area (Å²) >= 11 is 1.03. The smallest absolute Gasteiger partial charge is 0.307 e. The first-order valence-electron chi connectivity index (χ1n) is 7.71. The Morgan fingerprint density at radius 1 is 1.16 bits per heavy atom. The van der Waals surface area contributed by atoms with Crippen LogP contribution in [-0.2, 0) is 23.6 Å². The second-order valence-corrected chi connectivity index (χ2v) is 8.22. The highest BCUT2D eigenvalue weighted by Crippen LogP contribution is 2.21. The van der Waals surface area contributed by atoms with Gasteiger partial charge in [-0.3, -0.25) is 4.79 Å². The minimum absolute atomic E-state index is 0.119. The average molecular weight is 378 g/mol. The van der Waals surface area contributed by atoms with Crippen LogP contribution in [0, 0.1) is 0 Å². The van der Waals surface area contributed by atoms with Crippen molar-refractivity contribution in [3.63, 3.8) is 0 Å². The van der Waals surface area contributed by atoms with Gasteiger partial charge in [0, 0.05) is 13.6 Å². The standard InChI is InChI=1S/C17H18N2O4S2/c1-3-23-13-6-4-12(5-7-13)11-18-25(21,22)14-8-9-15-16(10-14)24-17(20)19(15)2/h4-10,18H,3,11H2,1-2H3. The van der Waals surface area contributed by atoms with E-state index < -0.39 is 10.0 Å². The van der Waals surface area contributed by atoms with Crippen LogP contribution in [0.5, 0.6) is 5.75 Å². The number of nitrogens with one attached hydrogen (secondary N) is 1. The molecule has 0 radical (unpaired) electrons. The highest BCUT2D eigenvalue weighted by Gasteiger charge is 2.16. The number of aromatic nitrogens is 1. The molecule has 3 aromatic rings. The molecule has 2 aromatic carbocycles. The van der Waals surface area contributed by atoms with Crippen LogP contribution in [0.25, 0.3) is 10.2 Å². The molecule has 0 unspecified atom stereocenters. The van der Waals surface area contributed by atoms with Crippen LogP contribution >= 0.6 is 11.3 Å². The number of nitrogens with zero attached hydrogens (tertiary/aromatic N) is 1. The SMILES string of the molecule is CCOc1ccc(CNS(=O)(=O)c2ccc3c(c2)sc(=O)n3C)cc1. The van der Waals surface area contributed by atoms with E-state index in [1.165, 1.54) is 16.7 Å². The molecule has 0 aliphatic carbocycles. The zero-order chi connectivity index (χ0) is 18.0. The lowest BCUT2D eigenvalue weighted by molar-refractivity contribution is 0.340. The van der Waals surface area contributed by atoms with E-state index in [0.717, 1.165) is 28.2 Å². The summed E-state index contributed by atoms with van der Waals surface area (Å²) in [4.78, 5) is 11.7. The van der Waals surface area contributed by atoms with E-state index in [0.29, 0.717) is 11.3 Å². The van der Waals surface area contributed by atoms with E-state index in [2.05, 4.69) is 4.72 Å². The largest absolute Gasteiger partial charge is 0.494 e. The van der Waals surface area contributed by atoms with Gasteiger partial charge in [0.15, 0.2) is 0 Å². The van der Waals surface area contributed by atoms with Gasteiger partial charge in [0.1, 0.15) is 5.75 Å². The Morgan fingerprint density at radius 3 is 2.56 bits per heavy atom. The number of fused-ring (bicyclic) bond motifs is 1. The van der Waals surface area contributed by atoms with Crippen molar-refractivity contribution < 1.29 is 13.2 Å². The fraction of sp³-hybridized carbons (Fsp3) is 0.235. The highest BCUT2D eigenvalue weighted by molar-refractivity contribution is 7.89. The Kier molecular flexibility index (Phi) is 4.94. The third-order valence-corrected chi connectivity index (χ3v) is 6.17. The molecule has 0 bridgehead atoms. The molecule has 0 amide bonds. The van der Waals surface area contributed by atoms with E-state index in [9.17, 15) is 13.2 Å². The molecule has 0 spiro atoms. The number of hydrogen-bond donors (Lipinski definition) is 1. The van der Waals surface area contributed by atoms with Gasteiger partial charge in [0.2, 0.25) is 10.0 Å². The van der Waals surface area contributed by atoms with Gasteiger partial charge in [-0.05, 0) is 42.8 Å². The van der Waals surface area contributed by atoms with Gasteiger partial charge in [0.25, 0.3) is 0 Å². The van der Waals surface area contributed by atoms with Crippen molar-refractivity contribution in [1.29, 1.82) is 0 Å². The van der Waals surface area contributed by atoms with Gasteiger partial charge in [-0.1, -0.05) is 23.5 Å². The number of benzene rings is 2. The monoisotopic (exact) mass is 378 g/mol. The first-order chi connectivity index (χ1) is 11.9. The van der Waals surface area contributed by atoms with Crippen LogP contribution < -0.4 is 14.3 Å². The van der Waals surface area contributed by atoms with Gasteiger partial charge < -0.3 is 9.30 Å². The van der Waals surface area contributed by atoms with Crippen LogP contribution in [-0.4, -0.2) is 19.6 Å². The van der Waals surface area contributed by atoms with Crippen molar-refractivity contribution in [3.05, 3.63) is 57.7 Å². The van der Waals surface area contributed by atoms with E-state index in [-0.39, 0.29) is 16.3 Å². The number of sulfonamides is 1. The first-order valence-corrected chi connectivity index (χ1v) is 10.0. The summed E-state index contributed by atoms with van der Waals surface area (Å²) in [5, 5.41) is 0. The summed E-state index contributed by atoms with van der Waals surface area (Å²) in [6.07, 6.45) is 0. The fourth-order valence-corrected chi connectivity index (χ4v) is 4.45. The molecule has 1 heterocycles. The third-order valence-electron chi connectivity index (χ3n) is 3.77. The van der Waals surface area contributed by atoms with Crippen LogP contribution in [0.4, 0.5) is 0 Å². The summed E-state index contributed by atoms with van der Waals surface area (Å²) in [5.74, 6) is 0.749. The lowest BCUT2D eigenvalue weighted by atomic mass is 10.2. The molecule has 132 valence electrons. The van der Waals surface area contributed by atoms with Crippen molar-refractivity contribution in [2.75, 3.05) is 6.61 Å². The first kappa shape index (κ1) is 17.7. The zero-order valence-corrected chi connectivity index (χ0v) is 15.5. The minimum atomic E-state index is -3.66. The lowest BCUT2D eigenvalue weighted by Crippen LogP contribution is -2.23.